The molecule has 23 heavy (non-hydrogen) atoms. The highest BCUT2D eigenvalue weighted by Gasteiger charge is 2.32. The number of nitro benzene ring substituents is 1. The standard InChI is InChI=1S/C15H11F3N2O3/c16-15(17,18)13-7-2-1-4-11(13)9-19-14(21)10-5-3-6-12(8-10)20(22)23/h1-8H,9H2,(H,19,21). The largest absolute Gasteiger partial charge is 0.416 e. The van der Waals surface area contributed by atoms with E-state index in [1.807, 2.05) is 0 Å². The highest BCUT2D eigenvalue weighted by Crippen LogP contribution is 2.31. The molecule has 0 fully saturated rings. The van der Waals surface area contributed by atoms with Crippen LogP contribution in [-0.4, -0.2) is 10.8 Å². The molecule has 0 saturated heterocycles. The van der Waals surface area contributed by atoms with Crippen LogP contribution in [0.25, 0.3) is 0 Å². The van der Waals surface area contributed by atoms with Crippen molar-refractivity contribution in [3.05, 3.63) is 75.3 Å². The lowest BCUT2D eigenvalue weighted by Gasteiger charge is -2.13. The molecular weight excluding hydrogens is 313 g/mol. The minimum Gasteiger partial charge on any atom is -0.348 e. The van der Waals surface area contributed by atoms with Crippen molar-refractivity contribution in [3.8, 4) is 0 Å². The number of halogens is 3. The van der Waals surface area contributed by atoms with Crippen molar-refractivity contribution < 1.29 is 22.9 Å². The lowest BCUT2D eigenvalue weighted by atomic mass is 10.1. The third-order valence-corrected chi connectivity index (χ3v) is 3.08. The molecule has 5 nitrogen and oxygen atoms in total. The molecule has 0 aliphatic heterocycles. The van der Waals surface area contributed by atoms with Crippen molar-refractivity contribution in [3.63, 3.8) is 0 Å². The van der Waals surface area contributed by atoms with E-state index >= 15 is 0 Å². The third-order valence-electron chi connectivity index (χ3n) is 3.08. The molecule has 2 rings (SSSR count). The Bertz CT molecular complexity index is 745. The average Bonchev–Trinajstić information content (AvgIpc) is 2.52. The summed E-state index contributed by atoms with van der Waals surface area (Å²) in [4.78, 5) is 21.9. The van der Waals surface area contributed by atoms with Crippen LogP contribution in [0.3, 0.4) is 0 Å². The third kappa shape index (κ3) is 4.06. The number of nitro groups is 1. The molecule has 0 heterocycles. The molecule has 2 aromatic rings. The molecule has 0 aromatic heterocycles. The van der Waals surface area contributed by atoms with Crippen molar-refractivity contribution in [1.29, 1.82) is 0 Å². The maximum Gasteiger partial charge on any atom is 0.416 e. The molecule has 0 aliphatic carbocycles. The highest BCUT2D eigenvalue weighted by atomic mass is 19.4. The Hall–Kier alpha value is -2.90. The first-order valence-corrected chi connectivity index (χ1v) is 6.47. The van der Waals surface area contributed by atoms with Crippen molar-refractivity contribution in [1.82, 2.24) is 5.32 Å². The topological polar surface area (TPSA) is 72.2 Å². The Morgan fingerprint density at radius 2 is 1.83 bits per heavy atom. The van der Waals surface area contributed by atoms with Gasteiger partial charge in [-0.1, -0.05) is 24.3 Å². The van der Waals surface area contributed by atoms with Crippen LogP contribution in [0, 0.1) is 10.1 Å². The van der Waals surface area contributed by atoms with Gasteiger partial charge in [-0.15, -0.1) is 0 Å². The quantitative estimate of drug-likeness (QED) is 0.690. The van der Waals surface area contributed by atoms with Gasteiger partial charge < -0.3 is 5.32 Å². The van der Waals surface area contributed by atoms with Crippen molar-refractivity contribution in [2.45, 2.75) is 12.7 Å². The summed E-state index contributed by atoms with van der Waals surface area (Å²) >= 11 is 0. The average molecular weight is 324 g/mol. The predicted molar refractivity (Wildman–Crippen MR) is 75.7 cm³/mol. The van der Waals surface area contributed by atoms with Crippen LogP contribution in [0.15, 0.2) is 48.5 Å². The predicted octanol–water partition coefficient (Wildman–Crippen LogP) is 3.54. The van der Waals surface area contributed by atoms with Crippen LogP contribution >= 0.6 is 0 Å². The summed E-state index contributed by atoms with van der Waals surface area (Å²) in [5, 5.41) is 13.0. The number of nitrogens with zero attached hydrogens (tertiary/aromatic N) is 1. The van der Waals surface area contributed by atoms with Gasteiger partial charge >= 0.3 is 6.18 Å². The zero-order valence-corrected chi connectivity index (χ0v) is 11.6. The number of hydrogen-bond donors (Lipinski definition) is 1. The van der Waals surface area contributed by atoms with Crippen LogP contribution < -0.4 is 5.32 Å². The van der Waals surface area contributed by atoms with Crippen LogP contribution in [-0.2, 0) is 12.7 Å². The maximum atomic E-state index is 12.8. The van der Waals surface area contributed by atoms with Crippen LogP contribution in [0.1, 0.15) is 21.5 Å². The molecule has 0 saturated carbocycles. The van der Waals surface area contributed by atoms with Gasteiger partial charge in [0, 0.05) is 24.2 Å². The van der Waals surface area contributed by atoms with Gasteiger partial charge in [-0.05, 0) is 17.7 Å². The molecule has 0 bridgehead atoms. The Balaban J connectivity index is 2.14. The highest BCUT2D eigenvalue weighted by molar-refractivity contribution is 5.94. The van der Waals surface area contributed by atoms with Crippen molar-refractivity contribution in [2.75, 3.05) is 0 Å². The van der Waals surface area contributed by atoms with E-state index in [2.05, 4.69) is 5.32 Å². The van der Waals surface area contributed by atoms with Gasteiger partial charge in [-0.3, -0.25) is 14.9 Å². The molecule has 0 spiro atoms. The fourth-order valence-corrected chi connectivity index (χ4v) is 1.99. The minimum atomic E-state index is -4.52. The minimum absolute atomic E-state index is 0.00342. The van der Waals surface area contributed by atoms with E-state index in [0.717, 1.165) is 12.1 Å². The van der Waals surface area contributed by atoms with Gasteiger partial charge in [0.1, 0.15) is 0 Å². The van der Waals surface area contributed by atoms with Gasteiger partial charge in [0.05, 0.1) is 10.5 Å². The molecular formula is C15H11F3N2O3. The molecule has 2 aromatic carbocycles. The zero-order valence-electron chi connectivity index (χ0n) is 11.6. The number of carbonyl (C=O) groups excluding carboxylic acids is 1. The number of rotatable bonds is 4. The number of alkyl halides is 3. The first-order chi connectivity index (χ1) is 10.8. The van der Waals surface area contributed by atoms with Gasteiger partial charge in [-0.2, -0.15) is 13.2 Å². The van der Waals surface area contributed by atoms with E-state index < -0.39 is 22.6 Å². The summed E-state index contributed by atoms with van der Waals surface area (Å²) < 4.78 is 38.5. The number of carbonyl (C=O) groups is 1. The zero-order chi connectivity index (χ0) is 17.0. The second kappa shape index (κ2) is 6.47. The Morgan fingerprint density at radius 1 is 1.13 bits per heavy atom. The second-order valence-electron chi connectivity index (χ2n) is 4.65. The monoisotopic (exact) mass is 324 g/mol. The fourth-order valence-electron chi connectivity index (χ4n) is 1.99. The summed E-state index contributed by atoms with van der Waals surface area (Å²) in [6.45, 7) is -0.336. The van der Waals surface area contributed by atoms with Gasteiger partial charge in [0.2, 0.25) is 0 Å². The second-order valence-corrected chi connectivity index (χ2v) is 4.65. The van der Waals surface area contributed by atoms with E-state index in [1.54, 1.807) is 0 Å². The Labute approximate surface area is 128 Å². The van der Waals surface area contributed by atoms with Gasteiger partial charge in [0.25, 0.3) is 11.6 Å². The summed E-state index contributed by atoms with van der Waals surface area (Å²) in [5.41, 5.74) is -1.19. The molecule has 0 atom stereocenters. The van der Waals surface area contributed by atoms with E-state index in [1.165, 1.54) is 36.4 Å². The van der Waals surface area contributed by atoms with Gasteiger partial charge in [-0.25, -0.2) is 0 Å². The van der Waals surface area contributed by atoms with E-state index in [-0.39, 0.29) is 23.4 Å². The summed E-state index contributed by atoms with van der Waals surface area (Å²) in [6.07, 6.45) is -4.52. The lowest BCUT2D eigenvalue weighted by molar-refractivity contribution is -0.384. The number of benzene rings is 2. The van der Waals surface area contributed by atoms with E-state index in [0.29, 0.717) is 0 Å². The SMILES string of the molecule is O=C(NCc1ccccc1C(F)(F)F)c1cccc([N+](=O)[O-])c1. The summed E-state index contributed by atoms with van der Waals surface area (Å²) in [7, 11) is 0. The molecule has 1 N–H and O–H groups in total. The van der Waals surface area contributed by atoms with Gasteiger partial charge in [0.15, 0.2) is 0 Å². The van der Waals surface area contributed by atoms with Crippen LogP contribution in [0.5, 0.6) is 0 Å². The van der Waals surface area contributed by atoms with Crippen LogP contribution in [0.4, 0.5) is 18.9 Å². The number of hydrogen-bond acceptors (Lipinski definition) is 3. The first kappa shape index (κ1) is 16.5. The molecule has 1 amide bonds. The number of amides is 1. The first-order valence-electron chi connectivity index (χ1n) is 6.47. The lowest BCUT2D eigenvalue weighted by Crippen LogP contribution is -2.24. The number of nitrogens with one attached hydrogen (secondary N) is 1. The normalized spacial score (nSPS) is 11.1. The molecule has 0 unspecified atom stereocenters. The van der Waals surface area contributed by atoms with E-state index in [9.17, 15) is 28.1 Å². The Morgan fingerprint density at radius 3 is 2.48 bits per heavy atom. The molecule has 0 aliphatic rings. The smallest absolute Gasteiger partial charge is 0.348 e. The van der Waals surface area contributed by atoms with E-state index in [4.69, 9.17) is 0 Å². The fraction of sp³-hybridized carbons (Fsp3) is 0.133. The van der Waals surface area contributed by atoms with Crippen LogP contribution in [0.2, 0.25) is 0 Å². The maximum absolute atomic E-state index is 12.8. The Kier molecular flexibility index (Phi) is 4.63. The number of non-ortho nitro benzene ring substituents is 1. The molecule has 8 heteroatoms. The molecule has 0 radical (unpaired) electrons. The van der Waals surface area contributed by atoms with Crippen molar-refractivity contribution in [2.24, 2.45) is 0 Å². The molecule has 120 valence electrons. The van der Waals surface area contributed by atoms with Crippen molar-refractivity contribution >= 4 is 11.6 Å². The summed E-state index contributed by atoms with van der Waals surface area (Å²) in [6, 6.07) is 9.83. The summed E-state index contributed by atoms with van der Waals surface area (Å²) in [5.74, 6) is -0.689.